The maximum absolute atomic E-state index is 5.89. The maximum atomic E-state index is 5.89. The summed E-state index contributed by atoms with van der Waals surface area (Å²) in [6, 6.07) is 12.1. The quantitative estimate of drug-likeness (QED) is 0.611. The van der Waals surface area contributed by atoms with Crippen LogP contribution in [-0.2, 0) is 6.54 Å². The van der Waals surface area contributed by atoms with Crippen LogP contribution in [-0.4, -0.2) is 24.0 Å². The topological polar surface area (TPSA) is 62.5 Å². The molecule has 0 fully saturated rings. The van der Waals surface area contributed by atoms with Gasteiger partial charge in [0.2, 0.25) is 0 Å². The minimum absolute atomic E-state index is 0. The summed E-state index contributed by atoms with van der Waals surface area (Å²) in [6.07, 6.45) is 1.09. The van der Waals surface area contributed by atoms with Crippen molar-refractivity contribution in [1.82, 2.24) is 15.6 Å². The third-order valence-electron chi connectivity index (χ3n) is 3.49. The minimum Gasteiger partial charge on any atom is -0.457 e. The molecule has 0 atom stereocenters. The Balaban J connectivity index is 0.00000156. The number of aliphatic imine (C=N–C) groups is 1. The van der Waals surface area contributed by atoms with Crippen LogP contribution in [0.25, 0.3) is 21.0 Å². The van der Waals surface area contributed by atoms with E-state index >= 15 is 0 Å². The molecule has 0 aliphatic carbocycles. The number of nitrogens with zero attached hydrogens (tertiary/aromatic N) is 2. The van der Waals surface area contributed by atoms with Crippen molar-refractivity contribution < 1.29 is 4.42 Å². The molecule has 0 saturated heterocycles. The second-order valence-corrected chi connectivity index (χ2v) is 6.15. The number of hydrogen-bond acceptors (Lipinski definition) is 6. The molecule has 5 nitrogen and oxygen atoms in total. The van der Waals surface area contributed by atoms with E-state index in [9.17, 15) is 0 Å². The second-order valence-electron chi connectivity index (χ2n) is 5.12. The van der Waals surface area contributed by atoms with E-state index in [1.807, 2.05) is 30.3 Å². The molecule has 2 aromatic heterocycles. The number of fused-ring (bicyclic) bond motifs is 1. The van der Waals surface area contributed by atoms with Crippen molar-refractivity contribution in [2.75, 3.05) is 13.1 Å². The molecule has 23 heavy (non-hydrogen) atoms. The van der Waals surface area contributed by atoms with E-state index in [0.29, 0.717) is 6.54 Å². The predicted molar refractivity (Wildman–Crippen MR) is 104 cm³/mol. The number of thiazole rings is 1. The standard InChI is InChI=1S/C16H16N4OS.HI/c1-2-5-14-12(4-1)20-15(22-14)13-7-6-11(21-13)10-19-16-17-8-3-9-18-16;/h1-2,4-7H,3,8-10H2,(H2,17,18,19);1H. The third-order valence-corrected chi connectivity index (χ3v) is 4.54. The van der Waals surface area contributed by atoms with Crippen molar-refractivity contribution >= 4 is 51.5 Å². The van der Waals surface area contributed by atoms with E-state index < -0.39 is 0 Å². The Kier molecular flexibility index (Phi) is 5.16. The van der Waals surface area contributed by atoms with Crippen LogP contribution in [0.5, 0.6) is 0 Å². The first-order valence-electron chi connectivity index (χ1n) is 7.35. The van der Waals surface area contributed by atoms with E-state index in [4.69, 9.17) is 4.42 Å². The van der Waals surface area contributed by atoms with Crippen LogP contribution in [0.2, 0.25) is 0 Å². The average molecular weight is 440 g/mol. The number of nitrogens with one attached hydrogen (secondary N) is 2. The minimum atomic E-state index is 0. The number of furan rings is 1. The van der Waals surface area contributed by atoms with Gasteiger partial charge in [0.05, 0.1) is 16.8 Å². The van der Waals surface area contributed by atoms with Crippen LogP contribution in [0.1, 0.15) is 12.2 Å². The lowest BCUT2D eigenvalue weighted by molar-refractivity contribution is 0.512. The van der Waals surface area contributed by atoms with E-state index in [-0.39, 0.29) is 24.0 Å². The van der Waals surface area contributed by atoms with Gasteiger partial charge in [-0.1, -0.05) is 12.1 Å². The van der Waals surface area contributed by atoms with E-state index in [2.05, 4.69) is 26.7 Å². The molecule has 0 saturated carbocycles. The molecule has 2 N–H and O–H groups in total. The Bertz CT molecular complexity index is 793. The fraction of sp³-hybridized carbons (Fsp3) is 0.250. The molecule has 1 aromatic carbocycles. The Hall–Kier alpha value is -1.61. The van der Waals surface area contributed by atoms with Crippen LogP contribution in [0, 0.1) is 0 Å². The van der Waals surface area contributed by atoms with Crippen molar-refractivity contribution in [3.8, 4) is 10.8 Å². The Morgan fingerprint density at radius 3 is 2.96 bits per heavy atom. The zero-order valence-corrected chi connectivity index (χ0v) is 15.6. The number of benzene rings is 1. The number of para-hydroxylation sites is 1. The second kappa shape index (κ2) is 7.31. The Morgan fingerprint density at radius 1 is 1.22 bits per heavy atom. The van der Waals surface area contributed by atoms with Crippen molar-refractivity contribution in [3.05, 3.63) is 42.2 Å². The fourth-order valence-electron chi connectivity index (χ4n) is 2.39. The monoisotopic (exact) mass is 440 g/mol. The molecule has 0 unspecified atom stereocenters. The highest BCUT2D eigenvalue weighted by Crippen LogP contribution is 2.30. The molecule has 0 radical (unpaired) electrons. The highest BCUT2D eigenvalue weighted by molar-refractivity contribution is 14.0. The number of guanidine groups is 1. The lowest BCUT2D eigenvalue weighted by atomic mass is 10.3. The summed E-state index contributed by atoms with van der Waals surface area (Å²) < 4.78 is 7.07. The summed E-state index contributed by atoms with van der Waals surface area (Å²) in [5.41, 5.74) is 1.01. The van der Waals surface area contributed by atoms with E-state index in [0.717, 1.165) is 47.5 Å². The van der Waals surface area contributed by atoms with Crippen LogP contribution in [0.3, 0.4) is 0 Å². The van der Waals surface area contributed by atoms with Gasteiger partial charge < -0.3 is 15.1 Å². The predicted octanol–water partition coefficient (Wildman–Crippen LogP) is 3.61. The molecule has 1 aliphatic rings. The molecular weight excluding hydrogens is 423 g/mol. The highest BCUT2D eigenvalue weighted by Gasteiger charge is 2.11. The summed E-state index contributed by atoms with van der Waals surface area (Å²) in [6.45, 7) is 2.47. The summed E-state index contributed by atoms with van der Waals surface area (Å²) in [4.78, 5) is 9.00. The normalized spacial score (nSPS) is 14.0. The number of rotatable bonds is 3. The number of aromatic nitrogens is 1. The highest BCUT2D eigenvalue weighted by atomic mass is 127. The van der Waals surface area contributed by atoms with Crippen LogP contribution >= 0.6 is 35.3 Å². The number of halogens is 1. The lowest BCUT2D eigenvalue weighted by Crippen LogP contribution is -2.40. The molecule has 7 heteroatoms. The van der Waals surface area contributed by atoms with Gasteiger partial charge in [-0.15, -0.1) is 35.3 Å². The number of hydrogen-bond donors (Lipinski definition) is 2. The molecule has 0 bridgehead atoms. The molecule has 3 aromatic rings. The molecule has 0 spiro atoms. The Morgan fingerprint density at radius 2 is 2.13 bits per heavy atom. The van der Waals surface area contributed by atoms with Crippen molar-refractivity contribution in [2.45, 2.75) is 13.0 Å². The zero-order chi connectivity index (χ0) is 14.8. The molecule has 3 heterocycles. The van der Waals surface area contributed by atoms with Gasteiger partial charge in [-0.25, -0.2) is 4.98 Å². The summed E-state index contributed by atoms with van der Waals surface area (Å²) in [5.74, 6) is 2.55. The van der Waals surface area contributed by atoms with E-state index in [1.165, 1.54) is 4.70 Å². The van der Waals surface area contributed by atoms with Gasteiger partial charge in [0.15, 0.2) is 16.7 Å². The van der Waals surface area contributed by atoms with Gasteiger partial charge in [0.1, 0.15) is 5.76 Å². The molecular formula is C16H17IN4OS. The van der Waals surface area contributed by atoms with Gasteiger partial charge >= 0.3 is 0 Å². The molecule has 0 amide bonds. The van der Waals surface area contributed by atoms with Crippen molar-refractivity contribution in [3.63, 3.8) is 0 Å². The maximum Gasteiger partial charge on any atom is 0.191 e. The SMILES string of the molecule is I.c1ccc2sc(-c3ccc(CNC4=NCCCN4)o3)nc2c1. The lowest BCUT2D eigenvalue weighted by Gasteiger charge is -2.15. The van der Waals surface area contributed by atoms with Crippen LogP contribution in [0.15, 0.2) is 45.8 Å². The first-order valence-corrected chi connectivity index (χ1v) is 8.17. The third kappa shape index (κ3) is 3.66. The average Bonchev–Trinajstić information content (AvgIpc) is 3.20. The summed E-state index contributed by atoms with van der Waals surface area (Å²) >= 11 is 1.65. The summed E-state index contributed by atoms with van der Waals surface area (Å²) in [7, 11) is 0. The van der Waals surface area contributed by atoms with Gasteiger partial charge in [-0.3, -0.25) is 4.99 Å². The molecule has 120 valence electrons. The molecule has 4 rings (SSSR count). The van der Waals surface area contributed by atoms with Gasteiger partial charge in [-0.05, 0) is 30.7 Å². The van der Waals surface area contributed by atoms with E-state index in [1.54, 1.807) is 11.3 Å². The smallest absolute Gasteiger partial charge is 0.191 e. The van der Waals surface area contributed by atoms with Crippen LogP contribution in [0.4, 0.5) is 0 Å². The fourth-order valence-corrected chi connectivity index (χ4v) is 3.31. The van der Waals surface area contributed by atoms with Gasteiger partial charge in [0, 0.05) is 13.1 Å². The van der Waals surface area contributed by atoms with Crippen molar-refractivity contribution in [2.24, 2.45) is 4.99 Å². The largest absolute Gasteiger partial charge is 0.457 e. The van der Waals surface area contributed by atoms with Crippen LogP contribution < -0.4 is 10.6 Å². The molecule has 1 aliphatic heterocycles. The van der Waals surface area contributed by atoms with Crippen molar-refractivity contribution in [1.29, 1.82) is 0 Å². The Labute approximate surface area is 155 Å². The first kappa shape index (κ1) is 16.3. The van der Waals surface area contributed by atoms with Gasteiger partial charge in [0.25, 0.3) is 0 Å². The van der Waals surface area contributed by atoms with Gasteiger partial charge in [-0.2, -0.15) is 0 Å². The summed E-state index contributed by atoms with van der Waals surface area (Å²) in [5, 5.41) is 7.41. The first-order chi connectivity index (χ1) is 10.9. The zero-order valence-electron chi connectivity index (χ0n) is 12.4.